The molecule has 2 heterocycles. The maximum atomic E-state index is 13.0. The topological polar surface area (TPSA) is 50.8 Å². The lowest BCUT2D eigenvalue weighted by atomic mass is 9.90. The van der Waals surface area contributed by atoms with E-state index in [1.54, 1.807) is 14.2 Å². The Morgan fingerprint density at radius 3 is 2.52 bits per heavy atom. The molecule has 0 spiro atoms. The van der Waals surface area contributed by atoms with E-state index in [1.807, 2.05) is 17.0 Å². The van der Waals surface area contributed by atoms with E-state index in [9.17, 15) is 4.79 Å². The van der Waals surface area contributed by atoms with Crippen molar-refractivity contribution in [1.82, 2.24) is 10.2 Å². The van der Waals surface area contributed by atoms with Gasteiger partial charge in [0.05, 0.1) is 19.8 Å². The molecule has 2 aliphatic rings. The number of hydrogen-bond acceptors (Lipinski definition) is 4. The quantitative estimate of drug-likeness (QED) is 0.924. The van der Waals surface area contributed by atoms with Gasteiger partial charge in [-0.1, -0.05) is 6.92 Å². The van der Waals surface area contributed by atoms with Gasteiger partial charge in [0.1, 0.15) is 0 Å². The van der Waals surface area contributed by atoms with Crippen molar-refractivity contribution in [2.75, 3.05) is 27.3 Å². The van der Waals surface area contributed by atoms with Gasteiger partial charge in [-0.15, -0.1) is 0 Å². The number of nitrogens with zero attached hydrogens (tertiary/aromatic N) is 1. The van der Waals surface area contributed by atoms with E-state index < -0.39 is 0 Å². The number of carbonyl (C=O) groups is 1. The Labute approximate surface area is 137 Å². The molecular formula is C18H26N2O3. The van der Waals surface area contributed by atoms with Crippen LogP contribution >= 0.6 is 0 Å². The number of fused-ring (bicyclic) bond motifs is 1. The molecule has 1 fully saturated rings. The number of nitrogens with one attached hydrogen (secondary N) is 1. The summed E-state index contributed by atoms with van der Waals surface area (Å²) in [5, 5.41) is 3.45. The second kappa shape index (κ2) is 6.40. The summed E-state index contributed by atoms with van der Waals surface area (Å²) in [6.45, 7) is 4.46. The number of rotatable bonds is 4. The highest BCUT2D eigenvalue weighted by atomic mass is 16.5. The van der Waals surface area contributed by atoms with Crippen molar-refractivity contribution >= 4 is 5.91 Å². The maximum absolute atomic E-state index is 13.0. The second-order valence-electron chi connectivity index (χ2n) is 6.42. The van der Waals surface area contributed by atoms with Gasteiger partial charge in [-0.05, 0) is 55.5 Å². The van der Waals surface area contributed by atoms with Gasteiger partial charge in [0.15, 0.2) is 11.5 Å². The molecule has 1 unspecified atom stereocenters. The highest BCUT2D eigenvalue weighted by Gasteiger charge is 2.42. The molecule has 2 aliphatic heterocycles. The normalized spacial score (nSPS) is 23.5. The summed E-state index contributed by atoms with van der Waals surface area (Å²) in [5.41, 5.74) is 2.05. The Hall–Kier alpha value is -1.75. The lowest BCUT2D eigenvalue weighted by molar-refractivity contribution is -0.139. The van der Waals surface area contributed by atoms with Crippen molar-refractivity contribution in [2.45, 2.75) is 44.7 Å². The van der Waals surface area contributed by atoms with E-state index in [4.69, 9.17) is 9.47 Å². The van der Waals surface area contributed by atoms with Crippen molar-refractivity contribution in [2.24, 2.45) is 0 Å². The van der Waals surface area contributed by atoms with Crippen molar-refractivity contribution in [3.63, 3.8) is 0 Å². The molecule has 1 atom stereocenters. The standard InChI is InChI=1S/C18H26N2O3/c1-4-18(7-5-8-19-18)17(21)20-9-6-13-10-15(22-2)16(23-3)11-14(13)12-20/h10-11,19H,4-9,12H2,1-3H3. The smallest absolute Gasteiger partial charge is 0.243 e. The maximum Gasteiger partial charge on any atom is 0.243 e. The molecule has 0 aliphatic carbocycles. The molecule has 1 aromatic rings. The minimum absolute atomic E-state index is 0.248. The zero-order valence-corrected chi connectivity index (χ0v) is 14.3. The third kappa shape index (κ3) is 2.78. The molecule has 5 heteroatoms. The Morgan fingerprint density at radius 2 is 1.96 bits per heavy atom. The van der Waals surface area contributed by atoms with Gasteiger partial charge in [0, 0.05) is 13.1 Å². The van der Waals surface area contributed by atoms with E-state index in [1.165, 1.54) is 5.56 Å². The molecule has 0 aromatic heterocycles. The molecule has 126 valence electrons. The number of benzene rings is 1. The molecule has 1 N–H and O–H groups in total. The van der Waals surface area contributed by atoms with Crippen LogP contribution < -0.4 is 14.8 Å². The van der Waals surface area contributed by atoms with Crippen molar-refractivity contribution < 1.29 is 14.3 Å². The van der Waals surface area contributed by atoms with Gasteiger partial charge >= 0.3 is 0 Å². The van der Waals surface area contributed by atoms with Crippen LogP contribution in [0, 0.1) is 0 Å². The van der Waals surface area contributed by atoms with Gasteiger partial charge in [0.2, 0.25) is 5.91 Å². The lowest BCUT2D eigenvalue weighted by Crippen LogP contribution is -2.55. The van der Waals surface area contributed by atoms with Gasteiger partial charge in [-0.25, -0.2) is 0 Å². The Balaban J connectivity index is 1.83. The van der Waals surface area contributed by atoms with E-state index >= 15 is 0 Å². The number of carbonyl (C=O) groups excluding carboxylic acids is 1. The number of hydrogen-bond donors (Lipinski definition) is 1. The molecule has 0 saturated carbocycles. The van der Waals surface area contributed by atoms with Crippen LogP contribution in [0.15, 0.2) is 12.1 Å². The molecule has 0 radical (unpaired) electrons. The van der Waals surface area contributed by atoms with Crippen molar-refractivity contribution in [1.29, 1.82) is 0 Å². The van der Waals surface area contributed by atoms with Crippen LogP contribution in [0.4, 0.5) is 0 Å². The first-order valence-electron chi connectivity index (χ1n) is 8.41. The fourth-order valence-electron chi connectivity index (χ4n) is 3.80. The van der Waals surface area contributed by atoms with Gasteiger partial charge in [-0.2, -0.15) is 0 Å². The lowest BCUT2D eigenvalue weighted by Gasteiger charge is -2.37. The third-order valence-electron chi connectivity index (χ3n) is 5.26. The third-order valence-corrected chi connectivity index (χ3v) is 5.26. The molecule has 5 nitrogen and oxygen atoms in total. The Bertz CT molecular complexity index is 594. The fraction of sp³-hybridized carbons (Fsp3) is 0.611. The molecular weight excluding hydrogens is 292 g/mol. The van der Waals surface area contributed by atoms with E-state index in [0.717, 1.165) is 55.8 Å². The molecule has 3 rings (SSSR count). The minimum Gasteiger partial charge on any atom is -0.493 e. The molecule has 1 amide bonds. The van der Waals surface area contributed by atoms with E-state index in [0.29, 0.717) is 6.54 Å². The molecule has 23 heavy (non-hydrogen) atoms. The van der Waals surface area contributed by atoms with Crippen LogP contribution in [0.2, 0.25) is 0 Å². The highest BCUT2D eigenvalue weighted by molar-refractivity contribution is 5.87. The number of amides is 1. The van der Waals surface area contributed by atoms with Crippen molar-refractivity contribution in [3.05, 3.63) is 23.3 Å². The van der Waals surface area contributed by atoms with E-state index in [2.05, 4.69) is 12.2 Å². The molecule has 1 saturated heterocycles. The van der Waals surface area contributed by atoms with Gasteiger partial charge in [0.25, 0.3) is 0 Å². The first-order valence-corrected chi connectivity index (χ1v) is 8.41. The van der Waals surface area contributed by atoms with Crippen LogP contribution in [-0.2, 0) is 17.8 Å². The SMILES string of the molecule is CCC1(C(=O)N2CCc3cc(OC)c(OC)cc3C2)CCCN1. The molecule has 0 bridgehead atoms. The zero-order chi connectivity index (χ0) is 16.4. The zero-order valence-electron chi connectivity index (χ0n) is 14.3. The van der Waals surface area contributed by atoms with E-state index in [-0.39, 0.29) is 11.4 Å². The summed E-state index contributed by atoms with van der Waals surface area (Å²) in [7, 11) is 3.30. The summed E-state index contributed by atoms with van der Waals surface area (Å²) >= 11 is 0. The minimum atomic E-state index is -0.353. The first kappa shape index (κ1) is 16.1. The number of ether oxygens (including phenoxy) is 2. The predicted octanol–water partition coefficient (Wildman–Crippen LogP) is 2.12. The monoisotopic (exact) mass is 318 g/mol. The average molecular weight is 318 g/mol. The van der Waals surface area contributed by atoms with Crippen LogP contribution in [-0.4, -0.2) is 43.7 Å². The highest BCUT2D eigenvalue weighted by Crippen LogP contribution is 2.34. The Kier molecular flexibility index (Phi) is 4.48. The number of methoxy groups -OCH3 is 2. The van der Waals surface area contributed by atoms with Crippen LogP contribution in [0.3, 0.4) is 0 Å². The first-order chi connectivity index (χ1) is 11.1. The fourth-order valence-corrected chi connectivity index (χ4v) is 3.80. The van der Waals surface area contributed by atoms with Crippen molar-refractivity contribution in [3.8, 4) is 11.5 Å². The van der Waals surface area contributed by atoms with Gasteiger partial charge in [-0.3, -0.25) is 4.79 Å². The summed E-state index contributed by atoms with van der Waals surface area (Å²) in [6, 6.07) is 4.05. The van der Waals surface area contributed by atoms with Crippen LogP contribution in [0.25, 0.3) is 0 Å². The largest absolute Gasteiger partial charge is 0.493 e. The summed E-state index contributed by atoms with van der Waals surface area (Å²) in [4.78, 5) is 15.0. The summed E-state index contributed by atoms with van der Waals surface area (Å²) in [5.74, 6) is 1.73. The predicted molar refractivity (Wildman–Crippen MR) is 88.9 cm³/mol. The molecule has 1 aromatic carbocycles. The Morgan fingerprint density at radius 1 is 1.26 bits per heavy atom. The van der Waals surface area contributed by atoms with Crippen LogP contribution in [0.5, 0.6) is 11.5 Å². The van der Waals surface area contributed by atoms with Crippen LogP contribution in [0.1, 0.15) is 37.3 Å². The van der Waals surface area contributed by atoms with Gasteiger partial charge < -0.3 is 19.7 Å². The summed E-state index contributed by atoms with van der Waals surface area (Å²) < 4.78 is 10.8. The average Bonchev–Trinajstić information content (AvgIpc) is 3.09. The second-order valence-corrected chi connectivity index (χ2v) is 6.42. The summed E-state index contributed by atoms with van der Waals surface area (Å²) in [6.07, 6.45) is 3.73.